The highest BCUT2D eigenvalue weighted by Crippen LogP contribution is 2.41. The van der Waals surface area contributed by atoms with Gasteiger partial charge in [0.05, 0.1) is 12.2 Å². The van der Waals surface area contributed by atoms with Crippen molar-refractivity contribution < 1.29 is 4.79 Å². The summed E-state index contributed by atoms with van der Waals surface area (Å²) >= 11 is 1.87. The maximum absolute atomic E-state index is 12.2. The van der Waals surface area contributed by atoms with E-state index >= 15 is 0 Å². The number of amides is 1. The van der Waals surface area contributed by atoms with E-state index < -0.39 is 0 Å². The summed E-state index contributed by atoms with van der Waals surface area (Å²) in [6.07, 6.45) is 0. The first-order chi connectivity index (χ1) is 8.52. The van der Waals surface area contributed by atoms with Crippen LogP contribution in [0.15, 0.2) is 17.0 Å². The molecule has 1 aliphatic rings. The Morgan fingerprint density at radius 3 is 2.89 bits per heavy atom. The lowest BCUT2D eigenvalue weighted by Crippen LogP contribution is -2.43. The number of benzene rings is 1. The highest BCUT2D eigenvalue weighted by Gasteiger charge is 2.28. The van der Waals surface area contributed by atoms with Crippen molar-refractivity contribution in [2.45, 2.75) is 30.9 Å². The van der Waals surface area contributed by atoms with Gasteiger partial charge in [0.15, 0.2) is 0 Å². The van der Waals surface area contributed by atoms with Gasteiger partial charge in [-0.25, -0.2) is 0 Å². The second-order valence-electron chi connectivity index (χ2n) is 4.89. The van der Waals surface area contributed by atoms with Crippen LogP contribution in [0.2, 0.25) is 0 Å². The van der Waals surface area contributed by atoms with Gasteiger partial charge >= 0.3 is 0 Å². The van der Waals surface area contributed by atoms with Crippen molar-refractivity contribution in [1.82, 2.24) is 5.32 Å². The highest BCUT2D eigenvalue weighted by molar-refractivity contribution is 8.00. The van der Waals surface area contributed by atoms with Crippen LogP contribution < -0.4 is 10.2 Å². The van der Waals surface area contributed by atoms with Crippen LogP contribution in [0.25, 0.3) is 0 Å². The van der Waals surface area contributed by atoms with Crippen LogP contribution in [0.5, 0.6) is 0 Å². The van der Waals surface area contributed by atoms with Crippen LogP contribution in [-0.2, 0) is 4.79 Å². The standard InChI is InChI=1S/C14H20N2OS/c1-9-5-10(2)14-12(6-9)18-11(3)8-16(14)13(17)7-15-4/h5-6,11,15H,7-8H2,1-4H3. The minimum absolute atomic E-state index is 0.151. The van der Waals surface area contributed by atoms with Gasteiger partial charge in [0.2, 0.25) is 5.91 Å². The number of fused-ring (bicyclic) bond motifs is 1. The molecule has 0 radical (unpaired) electrons. The molecule has 1 heterocycles. The third-order valence-electron chi connectivity index (χ3n) is 3.08. The molecule has 18 heavy (non-hydrogen) atoms. The minimum Gasteiger partial charge on any atom is -0.311 e. The number of thioether (sulfide) groups is 1. The SMILES string of the molecule is CNCC(=O)N1CC(C)Sc2cc(C)cc(C)c21. The number of likely N-dealkylation sites (N-methyl/N-ethyl adjacent to an activating group) is 1. The molecule has 0 bridgehead atoms. The maximum Gasteiger partial charge on any atom is 0.241 e. The molecule has 0 aromatic heterocycles. The molecule has 0 fully saturated rings. The predicted molar refractivity (Wildman–Crippen MR) is 77.5 cm³/mol. The van der Waals surface area contributed by atoms with E-state index in [0.29, 0.717) is 11.8 Å². The molecule has 98 valence electrons. The first-order valence-corrected chi connectivity index (χ1v) is 7.13. The van der Waals surface area contributed by atoms with Crippen molar-refractivity contribution in [3.8, 4) is 0 Å². The first kappa shape index (κ1) is 13.4. The fourth-order valence-electron chi connectivity index (χ4n) is 2.43. The fraction of sp³-hybridized carbons (Fsp3) is 0.500. The summed E-state index contributed by atoms with van der Waals surface area (Å²) in [7, 11) is 1.81. The summed E-state index contributed by atoms with van der Waals surface area (Å²) in [4.78, 5) is 15.4. The summed E-state index contributed by atoms with van der Waals surface area (Å²) in [5.74, 6) is 0.151. The van der Waals surface area contributed by atoms with Crippen molar-refractivity contribution >= 4 is 23.4 Å². The summed E-state index contributed by atoms with van der Waals surface area (Å²) in [6.45, 7) is 7.55. The van der Waals surface area contributed by atoms with E-state index in [1.165, 1.54) is 16.0 Å². The Balaban J connectivity index is 2.44. The van der Waals surface area contributed by atoms with E-state index in [0.717, 1.165) is 12.2 Å². The summed E-state index contributed by atoms with van der Waals surface area (Å²) < 4.78 is 0. The normalized spacial score (nSPS) is 18.7. The predicted octanol–water partition coefficient (Wildman–Crippen LogP) is 2.35. The van der Waals surface area contributed by atoms with Gasteiger partial charge in [-0.15, -0.1) is 11.8 Å². The van der Waals surface area contributed by atoms with Gasteiger partial charge in [0, 0.05) is 16.7 Å². The summed E-state index contributed by atoms with van der Waals surface area (Å²) in [5.41, 5.74) is 3.55. The van der Waals surface area contributed by atoms with Crippen molar-refractivity contribution in [1.29, 1.82) is 0 Å². The van der Waals surface area contributed by atoms with Crippen molar-refractivity contribution in [2.24, 2.45) is 0 Å². The van der Waals surface area contributed by atoms with Crippen molar-refractivity contribution in [2.75, 3.05) is 25.0 Å². The number of hydrogen-bond donors (Lipinski definition) is 1. The lowest BCUT2D eigenvalue weighted by molar-refractivity contribution is -0.117. The molecular weight excluding hydrogens is 244 g/mol. The zero-order valence-corrected chi connectivity index (χ0v) is 12.2. The van der Waals surface area contributed by atoms with Crippen molar-refractivity contribution in [3.63, 3.8) is 0 Å². The molecule has 3 nitrogen and oxygen atoms in total. The van der Waals surface area contributed by atoms with Gasteiger partial charge in [-0.1, -0.05) is 13.0 Å². The maximum atomic E-state index is 12.2. The van der Waals surface area contributed by atoms with Gasteiger partial charge in [-0.2, -0.15) is 0 Å². The number of nitrogens with one attached hydrogen (secondary N) is 1. The van der Waals surface area contributed by atoms with Crippen LogP contribution in [0.4, 0.5) is 5.69 Å². The average molecular weight is 264 g/mol. The molecular formula is C14H20N2OS. The molecule has 1 aliphatic heterocycles. The lowest BCUT2D eigenvalue weighted by atomic mass is 10.1. The van der Waals surface area contributed by atoms with Crippen LogP contribution in [-0.4, -0.2) is 31.3 Å². The van der Waals surface area contributed by atoms with E-state index in [4.69, 9.17) is 0 Å². The molecule has 1 N–H and O–H groups in total. The van der Waals surface area contributed by atoms with Crippen LogP contribution >= 0.6 is 11.8 Å². The highest BCUT2D eigenvalue weighted by atomic mass is 32.2. The lowest BCUT2D eigenvalue weighted by Gasteiger charge is -2.34. The third kappa shape index (κ3) is 2.54. The topological polar surface area (TPSA) is 32.3 Å². The van der Waals surface area contributed by atoms with Gasteiger partial charge < -0.3 is 10.2 Å². The van der Waals surface area contributed by atoms with Gasteiger partial charge in [0.1, 0.15) is 0 Å². The largest absolute Gasteiger partial charge is 0.311 e. The van der Waals surface area contributed by atoms with E-state index in [-0.39, 0.29) is 5.91 Å². The second-order valence-corrected chi connectivity index (χ2v) is 6.37. The molecule has 0 aliphatic carbocycles. The second kappa shape index (κ2) is 5.33. The van der Waals surface area contributed by atoms with Gasteiger partial charge in [-0.05, 0) is 38.1 Å². The van der Waals surface area contributed by atoms with E-state index in [2.05, 4.69) is 38.2 Å². The molecule has 4 heteroatoms. The van der Waals surface area contributed by atoms with Crippen LogP contribution in [0.1, 0.15) is 18.1 Å². The number of hydrogen-bond acceptors (Lipinski definition) is 3. The minimum atomic E-state index is 0.151. The van der Waals surface area contributed by atoms with Crippen LogP contribution in [0, 0.1) is 13.8 Å². The average Bonchev–Trinajstić information content (AvgIpc) is 2.27. The van der Waals surface area contributed by atoms with Gasteiger partial charge in [-0.3, -0.25) is 4.79 Å². The van der Waals surface area contributed by atoms with E-state index in [1.54, 1.807) is 0 Å². The molecule has 1 atom stereocenters. The number of aryl methyl sites for hydroxylation is 2. The number of anilines is 1. The summed E-state index contributed by atoms with van der Waals surface area (Å²) in [5, 5.41) is 3.39. The molecule has 2 rings (SSSR count). The van der Waals surface area contributed by atoms with Crippen LogP contribution in [0.3, 0.4) is 0 Å². The molecule has 1 amide bonds. The Morgan fingerprint density at radius 1 is 1.50 bits per heavy atom. The molecule has 0 saturated heterocycles. The quantitative estimate of drug-likeness (QED) is 0.890. The van der Waals surface area contributed by atoms with E-state index in [1.807, 2.05) is 23.7 Å². The zero-order chi connectivity index (χ0) is 13.3. The number of nitrogens with zero attached hydrogens (tertiary/aromatic N) is 1. The Kier molecular flexibility index (Phi) is 3.97. The fourth-order valence-corrected chi connectivity index (χ4v) is 3.73. The Morgan fingerprint density at radius 2 is 2.22 bits per heavy atom. The van der Waals surface area contributed by atoms with Gasteiger partial charge in [0.25, 0.3) is 0 Å². The molecule has 1 aromatic carbocycles. The Labute approximate surface area is 113 Å². The smallest absolute Gasteiger partial charge is 0.241 e. The van der Waals surface area contributed by atoms with Crippen molar-refractivity contribution in [3.05, 3.63) is 23.3 Å². The zero-order valence-electron chi connectivity index (χ0n) is 11.4. The third-order valence-corrected chi connectivity index (χ3v) is 4.19. The Hall–Kier alpha value is -1.00. The monoisotopic (exact) mass is 264 g/mol. The molecule has 1 aromatic rings. The number of carbonyl (C=O) groups is 1. The molecule has 0 spiro atoms. The molecule has 1 unspecified atom stereocenters. The number of carbonyl (C=O) groups excluding carboxylic acids is 1. The Bertz CT molecular complexity index is 473. The molecule has 0 saturated carbocycles. The summed E-state index contributed by atoms with van der Waals surface area (Å²) in [6, 6.07) is 4.33. The van der Waals surface area contributed by atoms with E-state index in [9.17, 15) is 4.79 Å². The first-order valence-electron chi connectivity index (χ1n) is 6.25. The number of rotatable bonds is 2.